The summed E-state index contributed by atoms with van der Waals surface area (Å²) in [7, 11) is 0. The zero-order chi connectivity index (χ0) is 17.5. The van der Waals surface area contributed by atoms with Gasteiger partial charge in [-0.15, -0.1) is 0 Å². The Morgan fingerprint density at radius 2 is 1.75 bits per heavy atom. The van der Waals surface area contributed by atoms with Gasteiger partial charge in [0, 0.05) is 11.8 Å². The Hall–Kier alpha value is -2.96. The van der Waals surface area contributed by atoms with Gasteiger partial charge in [-0.05, 0) is 31.2 Å². The van der Waals surface area contributed by atoms with Crippen LogP contribution in [0.3, 0.4) is 0 Å². The molecule has 0 unspecified atom stereocenters. The number of halogens is 2. The van der Waals surface area contributed by atoms with Crippen molar-refractivity contribution in [1.29, 1.82) is 0 Å². The zero-order valence-corrected chi connectivity index (χ0v) is 12.9. The van der Waals surface area contributed by atoms with Gasteiger partial charge in [0.15, 0.2) is 0 Å². The van der Waals surface area contributed by atoms with Crippen molar-refractivity contribution in [3.63, 3.8) is 0 Å². The van der Waals surface area contributed by atoms with Gasteiger partial charge in [-0.1, -0.05) is 12.1 Å². The maximum Gasteiger partial charge on any atom is 0.340 e. The first kappa shape index (κ1) is 17.4. The molecule has 0 radical (unpaired) electrons. The van der Waals surface area contributed by atoms with Crippen LogP contribution in [0.2, 0.25) is 0 Å². The second-order valence-electron chi connectivity index (χ2n) is 4.83. The fourth-order valence-electron chi connectivity index (χ4n) is 2.01. The molecular weight excluding hydrogens is 318 g/mol. The molecule has 24 heavy (non-hydrogen) atoms. The number of benzene rings is 2. The summed E-state index contributed by atoms with van der Waals surface area (Å²) < 4.78 is 31.1. The van der Waals surface area contributed by atoms with Crippen molar-refractivity contribution in [3.05, 3.63) is 59.7 Å². The number of carbonyl (C=O) groups is 2. The normalized spacial score (nSPS) is 10.1. The van der Waals surface area contributed by atoms with Crippen molar-refractivity contribution < 1.29 is 23.1 Å². The van der Waals surface area contributed by atoms with Gasteiger partial charge in [-0.3, -0.25) is 4.79 Å². The fourth-order valence-corrected chi connectivity index (χ4v) is 2.01. The average molecular weight is 334 g/mol. The van der Waals surface area contributed by atoms with Gasteiger partial charge < -0.3 is 15.4 Å². The molecule has 0 saturated heterocycles. The van der Waals surface area contributed by atoms with Crippen LogP contribution in [0.1, 0.15) is 17.3 Å². The van der Waals surface area contributed by atoms with Crippen molar-refractivity contribution in [3.8, 4) is 0 Å². The molecule has 2 aromatic carbocycles. The predicted molar refractivity (Wildman–Crippen MR) is 85.9 cm³/mol. The molecule has 2 aromatic rings. The van der Waals surface area contributed by atoms with Gasteiger partial charge >= 0.3 is 5.97 Å². The summed E-state index contributed by atoms with van der Waals surface area (Å²) in [5.41, 5.74) is 0.666. The Bertz CT molecular complexity index is 730. The third-order valence-corrected chi connectivity index (χ3v) is 3.01. The number of ether oxygens (including phenoxy) is 1. The third kappa shape index (κ3) is 4.77. The zero-order valence-electron chi connectivity index (χ0n) is 12.9. The minimum atomic E-state index is -0.745. The van der Waals surface area contributed by atoms with Gasteiger partial charge in [-0.2, -0.15) is 0 Å². The van der Waals surface area contributed by atoms with E-state index in [4.69, 9.17) is 4.74 Å². The van der Waals surface area contributed by atoms with Gasteiger partial charge in [0.2, 0.25) is 5.91 Å². The lowest BCUT2D eigenvalue weighted by Gasteiger charge is -2.11. The van der Waals surface area contributed by atoms with E-state index in [9.17, 15) is 18.4 Å². The first-order valence-corrected chi connectivity index (χ1v) is 7.25. The molecule has 0 aliphatic carbocycles. The lowest BCUT2D eigenvalue weighted by Crippen LogP contribution is -2.23. The number of rotatable bonds is 6. The van der Waals surface area contributed by atoms with Crippen LogP contribution in [0.25, 0.3) is 0 Å². The van der Waals surface area contributed by atoms with Gasteiger partial charge in [0.25, 0.3) is 0 Å². The lowest BCUT2D eigenvalue weighted by molar-refractivity contribution is -0.114. The van der Waals surface area contributed by atoms with Crippen LogP contribution < -0.4 is 10.6 Å². The largest absolute Gasteiger partial charge is 0.462 e. The lowest BCUT2D eigenvalue weighted by atomic mass is 10.2. The van der Waals surface area contributed by atoms with Crippen LogP contribution in [0.5, 0.6) is 0 Å². The van der Waals surface area contributed by atoms with E-state index in [-0.39, 0.29) is 24.4 Å². The second kappa shape index (κ2) is 8.05. The molecule has 0 atom stereocenters. The van der Waals surface area contributed by atoms with E-state index in [1.54, 1.807) is 25.1 Å². The van der Waals surface area contributed by atoms with E-state index < -0.39 is 23.5 Å². The number of carbonyl (C=O) groups excluding carboxylic acids is 2. The Morgan fingerprint density at radius 3 is 2.42 bits per heavy atom. The second-order valence-corrected chi connectivity index (χ2v) is 4.83. The van der Waals surface area contributed by atoms with Crippen LogP contribution in [0.15, 0.2) is 42.5 Å². The monoisotopic (exact) mass is 334 g/mol. The number of para-hydroxylation sites is 1. The van der Waals surface area contributed by atoms with Crippen molar-refractivity contribution in [2.45, 2.75) is 6.92 Å². The van der Waals surface area contributed by atoms with E-state index in [1.165, 1.54) is 6.07 Å². The summed E-state index contributed by atoms with van der Waals surface area (Å²) in [4.78, 5) is 23.8. The maximum atomic E-state index is 13.1. The summed E-state index contributed by atoms with van der Waals surface area (Å²) in [6.45, 7) is 1.68. The van der Waals surface area contributed by atoms with Crippen LogP contribution in [-0.2, 0) is 9.53 Å². The van der Waals surface area contributed by atoms with E-state index in [0.29, 0.717) is 5.69 Å². The minimum Gasteiger partial charge on any atom is -0.462 e. The Morgan fingerprint density at radius 1 is 1.08 bits per heavy atom. The van der Waals surface area contributed by atoms with E-state index >= 15 is 0 Å². The first-order valence-electron chi connectivity index (χ1n) is 7.25. The smallest absolute Gasteiger partial charge is 0.340 e. The van der Waals surface area contributed by atoms with E-state index in [2.05, 4.69) is 10.6 Å². The molecule has 2 rings (SSSR count). The predicted octanol–water partition coefficient (Wildman–Crippen LogP) is 3.19. The van der Waals surface area contributed by atoms with E-state index in [1.807, 2.05) is 0 Å². The molecule has 0 fully saturated rings. The van der Waals surface area contributed by atoms with Crippen LogP contribution in [0, 0.1) is 11.6 Å². The summed E-state index contributed by atoms with van der Waals surface area (Å²) in [6.07, 6.45) is 0. The van der Waals surface area contributed by atoms with E-state index in [0.717, 1.165) is 18.2 Å². The Balaban J connectivity index is 2.01. The van der Waals surface area contributed by atoms with Crippen molar-refractivity contribution in [2.75, 3.05) is 23.8 Å². The minimum absolute atomic E-state index is 0.140. The molecule has 0 saturated carbocycles. The summed E-state index contributed by atoms with van der Waals surface area (Å²) in [6, 6.07) is 9.28. The number of esters is 1. The highest BCUT2D eigenvalue weighted by molar-refractivity contribution is 6.02. The van der Waals surface area contributed by atoms with Crippen molar-refractivity contribution in [2.24, 2.45) is 0 Å². The number of amides is 1. The van der Waals surface area contributed by atoms with Crippen molar-refractivity contribution in [1.82, 2.24) is 0 Å². The number of hydrogen-bond donors (Lipinski definition) is 2. The quantitative estimate of drug-likeness (QED) is 0.796. The number of nitrogens with one attached hydrogen (secondary N) is 2. The SMILES string of the molecule is CCOC(=O)c1ccccc1NC(=O)CNc1cc(F)cc(F)c1. The average Bonchev–Trinajstić information content (AvgIpc) is 2.53. The first-order chi connectivity index (χ1) is 11.5. The molecule has 126 valence electrons. The summed E-state index contributed by atoms with van der Waals surface area (Å²) in [5.74, 6) is -2.51. The van der Waals surface area contributed by atoms with Gasteiger partial charge in [0.1, 0.15) is 11.6 Å². The maximum absolute atomic E-state index is 13.1. The van der Waals surface area contributed by atoms with Gasteiger partial charge in [-0.25, -0.2) is 13.6 Å². The number of hydrogen-bond acceptors (Lipinski definition) is 4. The van der Waals surface area contributed by atoms with Crippen LogP contribution in [-0.4, -0.2) is 25.0 Å². The van der Waals surface area contributed by atoms with Crippen LogP contribution in [0.4, 0.5) is 20.2 Å². The molecular formula is C17H16F2N2O3. The third-order valence-electron chi connectivity index (χ3n) is 3.01. The highest BCUT2D eigenvalue weighted by Gasteiger charge is 2.13. The Labute approximate surface area is 137 Å². The molecule has 2 N–H and O–H groups in total. The molecule has 0 aliphatic rings. The highest BCUT2D eigenvalue weighted by atomic mass is 19.1. The number of anilines is 2. The summed E-state index contributed by atoms with van der Waals surface area (Å²) in [5, 5.41) is 5.17. The van der Waals surface area contributed by atoms with Gasteiger partial charge in [0.05, 0.1) is 24.4 Å². The molecule has 7 heteroatoms. The topological polar surface area (TPSA) is 67.4 Å². The standard InChI is InChI=1S/C17H16F2N2O3/c1-2-24-17(23)14-5-3-4-6-15(14)21-16(22)10-20-13-8-11(18)7-12(19)9-13/h3-9,20H,2,10H2,1H3,(H,21,22). The molecule has 0 spiro atoms. The van der Waals surface area contributed by atoms with Crippen molar-refractivity contribution >= 4 is 23.3 Å². The molecule has 0 aliphatic heterocycles. The highest BCUT2D eigenvalue weighted by Crippen LogP contribution is 2.17. The molecule has 5 nitrogen and oxygen atoms in total. The molecule has 1 amide bonds. The molecule has 0 aromatic heterocycles. The summed E-state index contributed by atoms with van der Waals surface area (Å²) >= 11 is 0. The molecule has 0 bridgehead atoms. The Kier molecular flexibility index (Phi) is 5.83. The molecule has 0 heterocycles. The fraction of sp³-hybridized carbons (Fsp3) is 0.176. The van der Waals surface area contributed by atoms with Crippen LogP contribution >= 0.6 is 0 Å².